The Kier molecular flexibility index (Phi) is 4.99. The zero-order chi connectivity index (χ0) is 16.1. The highest BCUT2D eigenvalue weighted by atomic mass is 16.5. The van der Waals surface area contributed by atoms with E-state index in [1.165, 1.54) is 4.90 Å². The number of hydrogen-bond acceptors (Lipinski definition) is 4. The van der Waals surface area contributed by atoms with Gasteiger partial charge >= 0.3 is 5.97 Å². The first-order valence-electron chi connectivity index (χ1n) is 7.20. The third-order valence-corrected chi connectivity index (χ3v) is 3.74. The summed E-state index contributed by atoms with van der Waals surface area (Å²) in [6.07, 6.45) is 0.498. The minimum atomic E-state index is -0.874. The molecule has 0 radical (unpaired) electrons. The molecule has 0 saturated carbocycles. The first-order chi connectivity index (χ1) is 10.5. The molecule has 1 saturated heterocycles. The molecule has 116 valence electrons. The number of ether oxygens (including phenoxy) is 1. The largest absolute Gasteiger partial charge is 0.481 e. The monoisotopic (exact) mass is 302 g/mol. The zero-order valence-corrected chi connectivity index (χ0v) is 12.4. The van der Waals surface area contributed by atoms with E-state index in [-0.39, 0.29) is 12.5 Å². The molecule has 2 atom stereocenters. The zero-order valence-electron chi connectivity index (χ0n) is 12.4. The van der Waals surface area contributed by atoms with Crippen LogP contribution in [0.5, 0.6) is 5.75 Å². The fourth-order valence-electron chi connectivity index (χ4n) is 2.54. The maximum absolute atomic E-state index is 12.4. The average Bonchev–Trinajstić information content (AvgIpc) is 2.54. The van der Waals surface area contributed by atoms with Crippen LogP contribution in [-0.4, -0.2) is 41.1 Å². The molecular formula is C16H18N2O4. The lowest BCUT2D eigenvalue weighted by molar-refractivity contribution is -0.147. The normalized spacial score (nSPS) is 19.1. The molecule has 6 heteroatoms. The molecule has 22 heavy (non-hydrogen) atoms. The van der Waals surface area contributed by atoms with Crippen LogP contribution >= 0.6 is 0 Å². The van der Waals surface area contributed by atoms with E-state index in [1.807, 2.05) is 6.07 Å². The van der Waals surface area contributed by atoms with Crippen molar-refractivity contribution in [1.82, 2.24) is 4.90 Å². The summed E-state index contributed by atoms with van der Waals surface area (Å²) in [6, 6.07) is 8.72. The number of hydrogen-bond donors (Lipinski definition) is 1. The van der Waals surface area contributed by atoms with Gasteiger partial charge in [0, 0.05) is 13.1 Å². The third-order valence-electron chi connectivity index (χ3n) is 3.74. The molecule has 0 aromatic heterocycles. The van der Waals surface area contributed by atoms with Gasteiger partial charge in [0.25, 0.3) is 5.91 Å². The number of nitriles is 1. The lowest BCUT2D eigenvalue weighted by Gasteiger charge is -2.32. The van der Waals surface area contributed by atoms with Crippen molar-refractivity contribution in [2.45, 2.75) is 25.9 Å². The Balaban J connectivity index is 2.03. The van der Waals surface area contributed by atoms with Crippen LogP contribution in [0.15, 0.2) is 24.3 Å². The lowest BCUT2D eigenvalue weighted by atomic mass is 9.98. The maximum Gasteiger partial charge on any atom is 0.308 e. The van der Waals surface area contributed by atoms with Crippen LogP contribution in [0.25, 0.3) is 0 Å². The fraction of sp³-hybridized carbons (Fsp3) is 0.438. The van der Waals surface area contributed by atoms with Gasteiger partial charge in [0.2, 0.25) is 0 Å². The number of rotatable bonds is 4. The smallest absolute Gasteiger partial charge is 0.308 e. The van der Waals surface area contributed by atoms with Gasteiger partial charge in [-0.2, -0.15) is 5.26 Å². The molecule has 1 aromatic rings. The highest BCUT2D eigenvalue weighted by molar-refractivity contribution is 5.82. The number of amides is 1. The molecule has 6 nitrogen and oxygen atoms in total. The minimum Gasteiger partial charge on any atom is -0.481 e. The van der Waals surface area contributed by atoms with E-state index in [9.17, 15) is 9.59 Å². The Morgan fingerprint density at radius 3 is 2.86 bits per heavy atom. The lowest BCUT2D eigenvalue weighted by Crippen LogP contribution is -2.47. The van der Waals surface area contributed by atoms with Gasteiger partial charge in [0.15, 0.2) is 6.10 Å². The molecule has 0 spiro atoms. The summed E-state index contributed by atoms with van der Waals surface area (Å²) < 4.78 is 5.59. The van der Waals surface area contributed by atoms with Crippen LogP contribution in [0, 0.1) is 17.2 Å². The maximum atomic E-state index is 12.4. The molecule has 1 N–H and O–H groups in total. The molecule has 1 amide bonds. The molecule has 1 aliphatic rings. The van der Waals surface area contributed by atoms with Gasteiger partial charge in [-0.25, -0.2) is 0 Å². The van der Waals surface area contributed by atoms with Crippen molar-refractivity contribution in [1.29, 1.82) is 5.26 Å². The van der Waals surface area contributed by atoms with Crippen molar-refractivity contribution in [3.8, 4) is 11.8 Å². The molecular weight excluding hydrogens is 284 g/mol. The number of likely N-dealkylation sites (tertiary alicyclic amines) is 1. The third kappa shape index (κ3) is 3.55. The number of piperidine rings is 1. The summed E-state index contributed by atoms with van der Waals surface area (Å²) in [5.74, 6) is -1.28. The van der Waals surface area contributed by atoms with E-state index in [0.29, 0.717) is 30.7 Å². The SMILES string of the molecule is CC(Oc1ccccc1C#N)C(=O)N1CCCC(C(=O)O)C1. The quantitative estimate of drug-likeness (QED) is 0.913. The number of carbonyl (C=O) groups is 2. The fourth-order valence-corrected chi connectivity index (χ4v) is 2.54. The van der Waals surface area contributed by atoms with Crippen LogP contribution < -0.4 is 4.74 Å². The van der Waals surface area contributed by atoms with Gasteiger partial charge < -0.3 is 14.7 Å². The van der Waals surface area contributed by atoms with Crippen molar-refractivity contribution in [2.75, 3.05) is 13.1 Å². The van der Waals surface area contributed by atoms with E-state index in [4.69, 9.17) is 15.1 Å². The summed E-state index contributed by atoms with van der Waals surface area (Å²) in [4.78, 5) is 25.0. The number of carboxylic acids is 1. The second-order valence-corrected chi connectivity index (χ2v) is 5.33. The number of carboxylic acid groups (broad SMARTS) is 1. The number of para-hydroxylation sites is 1. The molecule has 0 aliphatic carbocycles. The van der Waals surface area contributed by atoms with E-state index < -0.39 is 18.0 Å². The Morgan fingerprint density at radius 2 is 2.18 bits per heavy atom. The summed E-state index contributed by atoms with van der Waals surface area (Å²) in [5, 5.41) is 18.1. The van der Waals surface area contributed by atoms with Gasteiger partial charge in [0.05, 0.1) is 11.5 Å². The first-order valence-corrected chi connectivity index (χ1v) is 7.20. The molecule has 0 bridgehead atoms. The molecule has 2 rings (SSSR count). The summed E-state index contributed by atoms with van der Waals surface area (Å²) in [6.45, 7) is 2.36. The van der Waals surface area contributed by atoms with Gasteiger partial charge in [-0.1, -0.05) is 12.1 Å². The second-order valence-electron chi connectivity index (χ2n) is 5.33. The van der Waals surface area contributed by atoms with E-state index >= 15 is 0 Å². The number of aliphatic carboxylic acids is 1. The number of benzene rings is 1. The van der Waals surface area contributed by atoms with Crippen molar-refractivity contribution < 1.29 is 19.4 Å². The van der Waals surface area contributed by atoms with Crippen LogP contribution in [0.2, 0.25) is 0 Å². The summed E-state index contributed by atoms with van der Waals surface area (Å²) in [5.41, 5.74) is 0.365. The van der Waals surface area contributed by atoms with Gasteiger partial charge in [-0.3, -0.25) is 9.59 Å². The first kappa shape index (κ1) is 15.8. The van der Waals surface area contributed by atoms with Crippen LogP contribution in [-0.2, 0) is 9.59 Å². The highest BCUT2D eigenvalue weighted by Crippen LogP contribution is 2.21. The van der Waals surface area contributed by atoms with Crippen LogP contribution in [0.4, 0.5) is 0 Å². The van der Waals surface area contributed by atoms with Gasteiger partial charge in [-0.05, 0) is 31.9 Å². The van der Waals surface area contributed by atoms with Crippen molar-refractivity contribution >= 4 is 11.9 Å². The van der Waals surface area contributed by atoms with E-state index in [0.717, 1.165) is 0 Å². The Bertz CT molecular complexity index is 608. The average molecular weight is 302 g/mol. The highest BCUT2D eigenvalue weighted by Gasteiger charge is 2.31. The number of carbonyl (C=O) groups excluding carboxylic acids is 1. The summed E-state index contributed by atoms with van der Waals surface area (Å²) >= 11 is 0. The summed E-state index contributed by atoms with van der Waals surface area (Å²) in [7, 11) is 0. The Morgan fingerprint density at radius 1 is 1.45 bits per heavy atom. The molecule has 1 heterocycles. The Labute approximate surface area is 128 Å². The van der Waals surface area contributed by atoms with Gasteiger partial charge in [-0.15, -0.1) is 0 Å². The number of nitrogens with zero attached hydrogens (tertiary/aromatic N) is 2. The van der Waals surface area contributed by atoms with Crippen molar-refractivity contribution in [3.05, 3.63) is 29.8 Å². The van der Waals surface area contributed by atoms with Crippen LogP contribution in [0.1, 0.15) is 25.3 Å². The molecule has 2 unspecified atom stereocenters. The van der Waals surface area contributed by atoms with Crippen LogP contribution in [0.3, 0.4) is 0 Å². The van der Waals surface area contributed by atoms with E-state index in [1.54, 1.807) is 31.2 Å². The predicted molar refractivity (Wildman–Crippen MR) is 78.2 cm³/mol. The van der Waals surface area contributed by atoms with Crippen molar-refractivity contribution in [3.63, 3.8) is 0 Å². The standard InChI is InChI=1S/C16H18N2O4/c1-11(22-14-7-3-2-5-12(14)9-17)15(19)18-8-4-6-13(10-18)16(20)21/h2-3,5,7,11,13H,4,6,8,10H2,1H3,(H,20,21). The Hall–Kier alpha value is -2.55. The van der Waals surface area contributed by atoms with E-state index in [2.05, 4.69) is 0 Å². The van der Waals surface area contributed by atoms with Crippen molar-refractivity contribution in [2.24, 2.45) is 5.92 Å². The molecule has 1 fully saturated rings. The second kappa shape index (κ2) is 6.94. The molecule has 1 aromatic carbocycles. The topological polar surface area (TPSA) is 90.6 Å². The minimum absolute atomic E-state index is 0.210. The molecule has 1 aliphatic heterocycles. The predicted octanol–water partition coefficient (Wildman–Crippen LogP) is 1.65. The van der Waals surface area contributed by atoms with Gasteiger partial charge in [0.1, 0.15) is 11.8 Å².